The Morgan fingerprint density at radius 2 is 1.44 bits per heavy atom. The zero-order chi connectivity index (χ0) is 32.2. The van der Waals surface area contributed by atoms with E-state index in [-0.39, 0.29) is 37.4 Å². The van der Waals surface area contributed by atoms with Gasteiger partial charge >= 0.3 is 5.97 Å². The second-order valence-electron chi connectivity index (χ2n) is 13.9. The van der Waals surface area contributed by atoms with Crippen LogP contribution in [0.2, 0.25) is 0 Å². The van der Waals surface area contributed by atoms with Gasteiger partial charge in [-0.3, -0.25) is 14.4 Å². The number of hydrogen-bond donors (Lipinski definition) is 2. The first kappa shape index (κ1) is 39.1. The lowest BCUT2D eigenvalue weighted by molar-refractivity contribution is -0.304. The fourth-order valence-corrected chi connectivity index (χ4v) is 5.05. The van der Waals surface area contributed by atoms with E-state index in [2.05, 4.69) is 29.7 Å². The number of amides is 2. The smallest absolute Gasteiger partial charge is 0.307 e. The van der Waals surface area contributed by atoms with Crippen molar-refractivity contribution in [2.75, 3.05) is 26.3 Å². The fraction of sp³-hybridized carbons (Fsp3) is 0.857. The Morgan fingerprint density at radius 3 is 2.09 bits per heavy atom. The Hall–Kier alpha value is -1.93. The second kappa shape index (κ2) is 20.9. The number of esters is 1. The summed E-state index contributed by atoms with van der Waals surface area (Å²) in [5, 5.41) is 5.76. The molecule has 0 saturated carbocycles. The molecule has 1 aliphatic rings. The van der Waals surface area contributed by atoms with E-state index in [0.717, 1.165) is 25.7 Å². The summed E-state index contributed by atoms with van der Waals surface area (Å²) in [6, 6.07) is 0. The molecular formula is C35H64N2O6. The minimum atomic E-state index is -0.828. The molecule has 1 unspecified atom stereocenters. The van der Waals surface area contributed by atoms with E-state index in [4.69, 9.17) is 14.2 Å². The summed E-state index contributed by atoms with van der Waals surface area (Å²) in [7, 11) is 0. The first-order chi connectivity index (χ1) is 20.3. The van der Waals surface area contributed by atoms with Crippen molar-refractivity contribution in [3.05, 3.63) is 12.2 Å². The van der Waals surface area contributed by atoms with Crippen LogP contribution in [-0.4, -0.2) is 56.0 Å². The average Bonchev–Trinajstić information content (AvgIpc) is 2.94. The van der Waals surface area contributed by atoms with E-state index < -0.39 is 22.7 Å². The van der Waals surface area contributed by atoms with Crippen molar-refractivity contribution in [3.63, 3.8) is 0 Å². The summed E-state index contributed by atoms with van der Waals surface area (Å²) >= 11 is 0. The van der Waals surface area contributed by atoms with Crippen LogP contribution in [0.15, 0.2) is 12.2 Å². The van der Waals surface area contributed by atoms with E-state index in [1.54, 1.807) is 13.8 Å². The number of ether oxygens (including phenoxy) is 3. The minimum Gasteiger partial charge on any atom is -0.466 e. The molecule has 0 aliphatic carbocycles. The number of carbonyl (C=O) groups excluding carboxylic acids is 3. The highest BCUT2D eigenvalue weighted by atomic mass is 16.7. The van der Waals surface area contributed by atoms with Gasteiger partial charge in [-0.05, 0) is 52.4 Å². The predicted molar refractivity (Wildman–Crippen MR) is 174 cm³/mol. The van der Waals surface area contributed by atoms with Crippen LogP contribution < -0.4 is 10.6 Å². The molecule has 1 heterocycles. The van der Waals surface area contributed by atoms with Gasteiger partial charge in [0, 0.05) is 23.9 Å². The van der Waals surface area contributed by atoms with E-state index in [0.29, 0.717) is 19.6 Å². The summed E-state index contributed by atoms with van der Waals surface area (Å²) in [4.78, 5) is 37.4. The quantitative estimate of drug-likeness (QED) is 0.0712. The predicted octanol–water partition coefficient (Wildman–Crippen LogP) is 7.39. The molecule has 8 heteroatoms. The van der Waals surface area contributed by atoms with Gasteiger partial charge < -0.3 is 24.8 Å². The number of nitrogens with one attached hydrogen (secondary N) is 2. The zero-order valence-corrected chi connectivity index (χ0v) is 28.6. The molecule has 0 bridgehead atoms. The number of carbonyl (C=O) groups is 3. The Labute approximate surface area is 262 Å². The Bertz CT molecular complexity index is 836. The van der Waals surface area contributed by atoms with Gasteiger partial charge in [-0.2, -0.15) is 0 Å². The molecule has 0 aromatic heterocycles. The number of unbranched alkanes of at least 4 members (excludes halogenated alkanes) is 10. The summed E-state index contributed by atoms with van der Waals surface area (Å²) in [5.41, 5.74) is -0.882. The minimum absolute atomic E-state index is 0.0422. The molecule has 2 amide bonds. The molecule has 250 valence electrons. The van der Waals surface area contributed by atoms with Crippen molar-refractivity contribution in [2.45, 2.75) is 157 Å². The number of hydrogen-bond acceptors (Lipinski definition) is 6. The van der Waals surface area contributed by atoms with Gasteiger partial charge in [-0.1, -0.05) is 98.1 Å². The summed E-state index contributed by atoms with van der Waals surface area (Å²) in [6.45, 7) is 14.9. The molecule has 1 rings (SSSR count). The first-order valence-electron chi connectivity index (χ1n) is 17.0. The maximum atomic E-state index is 12.7. The molecular weight excluding hydrogens is 544 g/mol. The van der Waals surface area contributed by atoms with Crippen molar-refractivity contribution < 1.29 is 28.6 Å². The molecule has 0 radical (unpaired) electrons. The maximum Gasteiger partial charge on any atom is 0.307 e. The lowest BCUT2D eigenvalue weighted by atomic mass is 9.85. The van der Waals surface area contributed by atoms with Crippen LogP contribution in [0.1, 0.15) is 145 Å². The van der Waals surface area contributed by atoms with Gasteiger partial charge in [0.2, 0.25) is 11.8 Å². The van der Waals surface area contributed by atoms with Gasteiger partial charge in [0.25, 0.3) is 0 Å². The lowest BCUT2D eigenvalue weighted by Crippen LogP contribution is -2.56. The molecule has 0 spiro atoms. The van der Waals surface area contributed by atoms with Gasteiger partial charge in [-0.25, -0.2) is 0 Å². The van der Waals surface area contributed by atoms with Gasteiger partial charge in [0.05, 0.1) is 19.6 Å². The largest absolute Gasteiger partial charge is 0.466 e. The third-order valence-electron chi connectivity index (χ3n) is 8.07. The monoisotopic (exact) mass is 608 g/mol. The molecule has 1 atom stereocenters. The molecule has 0 aromatic carbocycles. The summed E-state index contributed by atoms with van der Waals surface area (Å²) < 4.78 is 16.7. The van der Waals surface area contributed by atoms with E-state index in [1.807, 2.05) is 27.7 Å². The van der Waals surface area contributed by atoms with Crippen molar-refractivity contribution >= 4 is 17.8 Å². The molecule has 1 fully saturated rings. The van der Waals surface area contributed by atoms with Crippen LogP contribution in [0.25, 0.3) is 0 Å². The number of allylic oxidation sites excluding steroid dienone is 2. The number of rotatable bonds is 23. The molecule has 0 aromatic rings. The Kier molecular flexibility index (Phi) is 19.0. The highest BCUT2D eigenvalue weighted by Crippen LogP contribution is 2.34. The third kappa shape index (κ3) is 17.8. The van der Waals surface area contributed by atoms with Crippen LogP contribution in [0.5, 0.6) is 0 Å². The van der Waals surface area contributed by atoms with Crippen LogP contribution >= 0.6 is 0 Å². The topological polar surface area (TPSA) is 103 Å². The molecule has 1 saturated heterocycles. The highest BCUT2D eigenvalue weighted by Gasteiger charge is 2.45. The molecule has 43 heavy (non-hydrogen) atoms. The lowest BCUT2D eigenvalue weighted by Gasteiger charge is -2.44. The summed E-state index contributed by atoms with van der Waals surface area (Å²) in [5.74, 6) is -1.43. The maximum absolute atomic E-state index is 12.7. The SMILES string of the molecule is CCCCCCCCC=CCCCCCCC(C)(C)C(=O)NCCCOC(=O)CCNC(=O)C1OC(C)(C)OCC1(C)C. The van der Waals surface area contributed by atoms with Crippen molar-refractivity contribution in [1.82, 2.24) is 10.6 Å². The third-order valence-corrected chi connectivity index (χ3v) is 8.07. The zero-order valence-electron chi connectivity index (χ0n) is 28.6. The van der Waals surface area contributed by atoms with Crippen LogP contribution in [0, 0.1) is 10.8 Å². The van der Waals surface area contributed by atoms with Crippen molar-refractivity contribution in [2.24, 2.45) is 10.8 Å². The molecule has 8 nitrogen and oxygen atoms in total. The van der Waals surface area contributed by atoms with Gasteiger partial charge in [-0.15, -0.1) is 0 Å². The van der Waals surface area contributed by atoms with Gasteiger partial charge in [0.1, 0.15) is 6.10 Å². The van der Waals surface area contributed by atoms with E-state index >= 15 is 0 Å². The van der Waals surface area contributed by atoms with Crippen molar-refractivity contribution in [3.8, 4) is 0 Å². The molecule has 2 N–H and O–H groups in total. The van der Waals surface area contributed by atoms with Crippen LogP contribution in [0.3, 0.4) is 0 Å². The van der Waals surface area contributed by atoms with Crippen LogP contribution in [0.4, 0.5) is 0 Å². The van der Waals surface area contributed by atoms with E-state index in [9.17, 15) is 14.4 Å². The van der Waals surface area contributed by atoms with Gasteiger partial charge in [0.15, 0.2) is 5.79 Å². The van der Waals surface area contributed by atoms with E-state index in [1.165, 1.54) is 57.8 Å². The van der Waals surface area contributed by atoms with Crippen LogP contribution in [-0.2, 0) is 28.6 Å². The molecule has 1 aliphatic heterocycles. The second-order valence-corrected chi connectivity index (χ2v) is 13.9. The average molecular weight is 609 g/mol. The summed E-state index contributed by atoms with van der Waals surface area (Å²) in [6.07, 6.45) is 20.6. The Morgan fingerprint density at radius 1 is 0.837 bits per heavy atom. The standard InChI is InChI=1S/C35H64N2O6/c1-8-9-10-11-12-13-14-15-16-17-18-19-20-21-24-33(2,3)32(40)37-25-22-27-41-29(38)23-26-36-31(39)30-34(4,5)28-42-35(6,7)43-30/h15-16,30H,8-14,17-28H2,1-7H3,(H,36,39)(H,37,40). The fourth-order valence-electron chi connectivity index (χ4n) is 5.05. The Balaban J connectivity index is 2.06. The normalized spacial score (nSPS) is 18.0. The first-order valence-corrected chi connectivity index (χ1v) is 17.0. The van der Waals surface area contributed by atoms with Crippen molar-refractivity contribution in [1.29, 1.82) is 0 Å². The highest BCUT2D eigenvalue weighted by molar-refractivity contribution is 5.82.